The topological polar surface area (TPSA) is 161 Å². The molecule has 1 aromatic carbocycles. The van der Waals surface area contributed by atoms with Crippen LogP contribution in [0.2, 0.25) is 5.02 Å². The van der Waals surface area contributed by atoms with E-state index in [1.54, 1.807) is 18.6 Å². The number of hydrogen-bond acceptors (Lipinski definition) is 9. The summed E-state index contributed by atoms with van der Waals surface area (Å²) in [4.78, 5) is 30.2. The standard InChI is InChI=1S/C20H17ClFN9O2/c21-14-2-1-11(22)9-12(14)17-13(19-25-6-7-26-19)10-28-20(30-17)27-8-5-24-16-4-3-15(31(32)33)18(23)29-16/h1-4,6-7,9-10H,5,8H2,(H,25,26)(H3,23,24,29)(H,27,28,30). The van der Waals surface area contributed by atoms with E-state index in [0.717, 1.165) is 0 Å². The number of benzene rings is 1. The highest BCUT2D eigenvalue weighted by molar-refractivity contribution is 6.33. The highest BCUT2D eigenvalue weighted by atomic mass is 35.5. The molecule has 4 aromatic rings. The van der Waals surface area contributed by atoms with Crippen LogP contribution in [0.15, 0.2) is 48.9 Å². The number of aromatic nitrogens is 5. The number of hydrogen-bond donors (Lipinski definition) is 4. The summed E-state index contributed by atoms with van der Waals surface area (Å²) < 4.78 is 13.9. The molecule has 13 heteroatoms. The molecular weight excluding hydrogens is 453 g/mol. The Morgan fingerprint density at radius 2 is 1.94 bits per heavy atom. The van der Waals surface area contributed by atoms with Gasteiger partial charge in [-0.05, 0) is 24.3 Å². The lowest BCUT2D eigenvalue weighted by Gasteiger charge is -2.12. The van der Waals surface area contributed by atoms with E-state index in [1.165, 1.54) is 30.3 Å². The Morgan fingerprint density at radius 1 is 1.12 bits per heavy atom. The smallest absolute Gasteiger partial charge is 0.311 e. The SMILES string of the molecule is Nc1nc(NCCNc2ncc(-c3ncc[nH]3)c(-c3cc(F)ccc3Cl)n2)ccc1[N+](=O)[O-]. The van der Waals surface area contributed by atoms with Gasteiger partial charge in [-0.25, -0.2) is 24.3 Å². The Kier molecular flexibility index (Phi) is 6.26. The second-order valence-corrected chi connectivity index (χ2v) is 7.14. The Balaban J connectivity index is 1.50. The summed E-state index contributed by atoms with van der Waals surface area (Å²) in [5.41, 5.74) is 6.70. The molecule has 168 valence electrons. The Hall–Kier alpha value is -4.32. The monoisotopic (exact) mass is 469 g/mol. The molecule has 33 heavy (non-hydrogen) atoms. The van der Waals surface area contributed by atoms with E-state index in [9.17, 15) is 14.5 Å². The number of halogens is 2. The number of nitrogens with one attached hydrogen (secondary N) is 3. The number of nitrogens with two attached hydrogens (primary N) is 1. The van der Waals surface area contributed by atoms with Crippen LogP contribution in [-0.4, -0.2) is 42.9 Å². The molecule has 0 saturated heterocycles. The van der Waals surface area contributed by atoms with Gasteiger partial charge < -0.3 is 21.4 Å². The lowest BCUT2D eigenvalue weighted by molar-refractivity contribution is -0.384. The average molecular weight is 470 g/mol. The molecule has 0 aliphatic rings. The van der Waals surface area contributed by atoms with Gasteiger partial charge in [0.1, 0.15) is 17.5 Å². The van der Waals surface area contributed by atoms with Crippen molar-refractivity contribution in [2.24, 2.45) is 0 Å². The maximum absolute atomic E-state index is 13.9. The van der Waals surface area contributed by atoms with Gasteiger partial charge in [0, 0.05) is 43.3 Å². The van der Waals surface area contributed by atoms with Crippen molar-refractivity contribution >= 4 is 34.9 Å². The fraction of sp³-hybridized carbons (Fsp3) is 0.100. The van der Waals surface area contributed by atoms with Gasteiger partial charge in [-0.1, -0.05) is 11.6 Å². The van der Waals surface area contributed by atoms with Crippen LogP contribution in [0.25, 0.3) is 22.6 Å². The summed E-state index contributed by atoms with van der Waals surface area (Å²) >= 11 is 6.31. The van der Waals surface area contributed by atoms with Gasteiger partial charge in [0.05, 0.1) is 21.2 Å². The molecule has 0 atom stereocenters. The fourth-order valence-corrected chi connectivity index (χ4v) is 3.23. The van der Waals surface area contributed by atoms with Crippen LogP contribution in [-0.2, 0) is 0 Å². The molecule has 0 radical (unpaired) electrons. The number of rotatable bonds is 8. The normalized spacial score (nSPS) is 10.7. The van der Waals surface area contributed by atoms with Crippen molar-refractivity contribution in [1.29, 1.82) is 0 Å². The van der Waals surface area contributed by atoms with Gasteiger partial charge >= 0.3 is 5.69 Å². The van der Waals surface area contributed by atoms with Crippen molar-refractivity contribution in [2.45, 2.75) is 0 Å². The van der Waals surface area contributed by atoms with Gasteiger partial charge in [0.15, 0.2) is 0 Å². The predicted molar refractivity (Wildman–Crippen MR) is 122 cm³/mol. The first-order valence-corrected chi connectivity index (χ1v) is 10.0. The fourth-order valence-electron chi connectivity index (χ4n) is 3.02. The van der Waals surface area contributed by atoms with E-state index < -0.39 is 10.7 Å². The number of anilines is 3. The minimum atomic E-state index is -0.597. The molecule has 4 rings (SSSR count). The number of nitrogens with zero attached hydrogens (tertiary/aromatic N) is 5. The quantitative estimate of drug-likeness (QED) is 0.171. The first-order valence-electron chi connectivity index (χ1n) is 9.63. The van der Waals surface area contributed by atoms with Crippen molar-refractivity contribution in [3.8, 4) is 22.6 Å². The summed E-state index contributed by atoms with van der Waals surface area (Å²) in [6, 6.07) is 6.77. The molecule has 3 aromatic heterocycles. The molecule has 3 heterocycles. The lowest BCUT2D eigenvalue weighted by atomic mass is 10.1. The number of imidazole rings is 1. The van der Waals surface area contributed by atoms with Crippen LogP contribution in [0.3, 0.4) is 0 Å². The Morgan fingerprint density at radius 3 is 2.67 bits per heavy atom. The molecule has 0 spiro atoms. The van der Waals surface area contributed by atoms with Crippen molar-refractivity contribution in [3.05, 3.63) is 69.9 Å². The number of aromatic amines is 1. The van der Waals surface area contributed by atoms with Gasteiger partial charge in [-0.3, -0.25) is 10.1 Å². The van der Waals surface area contributed by atoms with E-state index in [-0.39, 0.29) is 11.5 Å². The maximum Gasteiger partial charge on any atom is 0.311 e. The second kappa shape index (κ2) is 9.44. The summed E-state index contributed by atoms with van der Waals surface area (Å²) in [7, 11) is 0. The number of pyridine rings is 1. The molecule has 0 saturated carbocycles. The van der Waals surface area contributed by atoms with Crippen molar-refractivity contribution in [1.82, 2.24) is 24.9 Å². The third kappa shape index (κ3) is 4.96. The van der Waals surface area contributed by atoms with Crippen molar-refractivity contribution in [2.75, 3.05) is 29.5 Å². The van der Waals surface area contributed by atoms with E-state index in [4.69, 9.17) is 17.3 Å². The Labute approximate surface area is 191 Å². The van der Waals surface area contributed by atoms with E-state index >= 15 is 0 Å². The van der Waals surface area contributed by atoms with Crippen LogP contribution in [0.1, 0.15) is 0 Å². The van der Waals surface area contributed by atoms with Gasteiger partial charge in [-0.2, -0.15) is 0 Å². The number of H-pyrrole nitrogens is 1. The first-order chi connectivity index (χ1) is 15.9. The average Bonchev–Trinajstić information content (AvgIpc) is 3.33. The molecular formula is C20H17ClFN9O2. The van der Waals surface area contributed by atoms with Crippen molar-refractivity contribution in [3.63, 3.8) is 0 Å². The molecule has 0 fully saturated rings. The number of nitrogen functional groups attached to an aromatic ring is 1. The minimum Gasteiger partial charge on any atom is -0.378 e. The highest BCUT2D eigenvalue weighted by Crippen LogP contribution is 2.34. The van der Waals surface area contributed by atoms with Gasteiger partial charge in [0.2, 0.25) is 11.8 Å². The van der Waals surface area contributed by atoms with Crippen LogP contribution in [0.5, 0.6) is 0 Å². The third-order valence-corrected chi connectivity index (χ3v) is 4.87. The summed E-state index contributed by atoms with van der Waals surface area (Å²) in [6.45, 7) is 0.776. The Bertz CT molecular complexity index is 1300. The zero-order valence-corrected chi connectivity index (χ0v) is 17.7. The molecule has 0 aliphatic carbocycles. The molecule has 0 unspecified atom stereocenters. The zero-order chi connectivity index (χ0) is 23.4. The minimum absolute atomic E-state index is 0.175. The van der Waals surface area contributed by atoms with Crippen LogP contribution >= 0.6 is 11.6 Å². The van der Waals surface area contributed by atoms with Crippen LogP contribution in [0.4, 0.5) is 27.7 Å². The first kappa shape index (κ1) is 21.9. The lowest BCUT2D eigenvalue weighted by Crippen LogP contribution is -2.16. The largest absolute Gasteiger partial charge is 0.378 e. The predicted octanol–water partition coefficient (Wildman–Crippen LogP) is 3.74. The molecule has 0 bridgehead atoms. The summed E-state index contributed by atoms with van der Waals surface area (Å²) in [6.07, 6.45) is 4.81. The van der Waals surface area contributed by atoms with Crippen LogP contribution < -0.4 is 16.4 Å². The highest BCUT2D eigenvalue weighted by Gasteiger charge is 2.17. The van der Waals surface area contributed by atoms with Crippen LogP contribution in [0, 0.1) is 15.9 Å². The van der Waals surface area contributed by atoms with Crippen molar-refractivity contribution < 1.29 is 9.31 Å². The van der Waals surface area contributed by atoms with Gasteiger partial charge in [0.25, 0.3) is 0 Å². The molecule has 11 nitrogen and oxygen atoms in total. The molecule has 5 N–H and O–H groups in total. The van der Waals surface area contributed by atoms with E-state index in [1.807, 2.05) is 0 Å². The maximum atomic E-state index is 13.9. The summed E-state index contributed by atoms with van der Waals surface area (Å²) in [5, 5.41) is 17.2. The van der Waals surface area contributed by atoms with E-state index in [0.29, 0.717) is 52.5 Å². The molecule has 0 aliphatic heterocycles. The summed E-state index contributed by atoms with van der Waals surface area (Å²) in [5.74, 6) is 0.568. The van der Waals surface area contributed by atoms with E-state index in [2.05, 4.69) is 35.6 Å². The number of nitro groups is 1. The third-order valence-electron chi connectivity index (χ3n) is 4.54. The van der Waals surface area contributed by atoms with Gasteiger partial charge in [-0.15, -0.1) is 0 Å². The zero-order valence-electron chi connectivity index (χ0n) is 16.9. The molecule has 0 amide bonds. The second-order valence-electron chi connectivity index (χ2n) is 6.73.